The average molecular weight is 427 g/mol. The van der Waals surface area contributed by atoms with E-state index in [9.17, 15) is 4.79 Å². The molecule has 0 aliphatic rings. The van der Waals surface area contributed by atoms with E-state index < -0.39 is 0 Å². The molecule has 33 heavy (non-hydrogen) atoms. The molecule has 0 atom stereocenters. The van der Waals surface area contributed by atoms with Crippen molar-refractivity contribution in [1.29, 1.82) is 0 Å². The Balaban J connectivity index is 1.65. The van der Waals surface area contributed by atoms with Crippen molar-refractivity contribution in [3.8, 4) is 17.1 Å². The first-order valence-corrected chi connectivity index (χ1v) is 10.7. The lowest BCUT2D eigenvalue weighted by molar-refractivity contribution is 1.10. The van der Waals surface area contributed by atoms with E-state index in [0.717, 1.165) is 44.7 Å². The zero-order chi connectivity index (χ0) is 21.9. The Labute approximate surface area is 187 Å². The number of imidazole rings is 2. The molecule has 0 fully saturated rings. The molecular weight excluding hydrogens is 410 g/mol. The Kier molecular flexibility index (Phi) is 3.61. The number of rotatable bonds is 2. The van der Waals surface area contributed by atoms with E-state index in [0.29, 0.717) is 11.2 Å². The fraction of sp³-hybridized carbons (Fsp3) is 0. The van der Waals surface area contributed by atoms with Gasteiger partial charge in [0.25, 0.3) is 5.56 Å². The van der Waals surface area contributed by atoms with E-state index in [1.807, 2.05) is 83.3 Å². The van der Waals surface area contributed by atoms with Gasteiger partial charge in [0.15, 0.2) is 0 Å². The van der Waals surface area contributed by atoms with Crippen LogP contribution in [0.2, 0.25) is 0 Å². The maximum Gasteiger partial charge on any atom is 0.260 e. The molecule has 0 unspecified atom stereocenters. The first-order valence-electron chi connectivity index (χ1n) is 10.7. The number of nitrogens with zero attached hydrogens (tertiary/aromatic N) is 4. The van der Waals surface area contributed by atoms with Crippen LogP contribution in [0.25, 0.3) is 55.8 Å². The van der Waals surface area contributed by atoms with Crippen LogP contribution < -0.4 is 5.56 Å². The fourth-order valence-electron chi connectivity index (χ4n) is 4.71. The Hall–Kier alpha value is -4.71. The second-order valence-electron chi connectivity index (χ2n) is 8.01. The van der Waals surface area contributed by atoms with Gasteiger partial charge in [0.1, 0.15) is 5.82 Å². The minimum Gasteiger partial charge on any atom is -0.292 e. The first kappa shape index (κ1) is 17.9. The molecule has 3 aromatic heterocycles. The van der Waals surface area contributed by atoms with Gasteiger partial charge in [-0.05, 0) is 42.5 Å². The standard InChI is InChI=1S/C27H17N5O/c33-26-24-18(11-8-16-23(24)32-22-15-7-5-13-20(22)29-27(32)30-26)25-28-19-12-4-6-14-21(19)31(25)17-9-2-1-3-10-17/h1-16H,(H,29,30,33). The molecule has 0 saturated heterocycles. The third-order valence-corrected chi connectivity index (χ3v) is 6.11. The van der Waals surface area contributed by atoms with Crippen molar-refractivity contribution in [2.24, 2.45) is 0 Å². The fourth-order valence-corrected chi connectivity index (χ4v) is 4.71. The van der Waals surface area contributed by atoms with Crippen LogP contribution in [-0.4, -0.2) is 23.9 Å². The number of para-hydroxylation sites is 5. The highest BCUT2D eigenvalue weighted by Gasteiger charge is 2.19. The highest BCUT2D eigenvalue weighted by atomic mass is 16.1. The lowest BCUT2D eigenvalue weighted by atomic mass is 10.1. The summed E-state index contributed by atoms with van der Waals surface area (Å²) >= 11 is 0. The average Bonchev–Trinajstić information content (AvgIpc) is 3.42. The Morgan fingerprint density at radius 3 is 2.12 bits per heavy atom. The van der Waals surface area contributed by atoms with E-state index in [-0.39, 0.29) is 5.56 Å². The van der Waals surface area contributed by atoms with Crippen molar-refractivity contribution in [1.82, 2.24) is 23.9 Å². The van der Waals surface area contributed by atoms with Gasteiger partial charge in [-0.1, -0.05) is 54.6 Å². The van der Waals surface area contributed by atoms with Gasteiger partial charge < -0.3 is 0 Å². The molecule has 0 amide bonds. The molecule has 0 aliphatic heterocycles. The van der Waals surface area contributed by atoms with Gasteiger partial charge in [-0.25, -0.2) is 9.97 Å². The van der Waals surface area contributed by atoms with Crippen molar-refractivity contribution >= 4 is 38.7 Å². The monoisotopic (exact) mass is 427 g/mol. The Morgan fingerprint density at radius 1 is 0.636 bits per heavy atom. The lowest BCUT2D eigenvalue weighted by Gasteiger charge is -2.12. The molecule has 7 rings (SSSR count). The molecule has 1 N–H and O–H groups in total. The van der Waals surface area contributed by atoms with Crippen molar-refractivity contribution in [2.45, 2.75) is 0 Å². The van der Waals surface area contributed by atoms with Crippen molar-refractivity contribution in [3.05, 3.63) is 107 Å². The van der Waals surface area contributed by atoms with Crippen molar-refractivity contribution in [2.75, 3.05) is 0 Å². The third-order valence-electron chi connectivity index (χ3n) is 6.11. The first-order chi connectivity index (χ1) is 16.3. The Morgan fingerprint density at radius 2 is 1.30 bits per heavy atom. The zero-order valence-electron chi connectivity index (χ0n) is 17.4. The molecular formula is C27H17N5O. The quantitative estimate of drug-likeness (QED) is 0.405. The summed E-state index contributed by atoms with van der Waals surface area (Å²) in [4.78, 5) is 25.9. The summed E-state index contributed by atoms with van der Waals surface area (Å²) in [5.74, 6) is 1.25. The maximum absolute atomic E-state index is 13.4. The Bertz CT molecular complexity index is 1890. The number of aromatic nitrogens is 5. The molecule has 0 aliphatic carbocycles. The number of hydrogen-bond acceptors (Lipinski definition) is 3. The van der Waals surface area contributed by atoms with E-state index in [2.05, 4.69) is 32.7 Å². The topological polar surface area (TPSA) is 68.0 Å². The summed E-state index contributed by atoms with van der Waals surface area (Å²) in [6.07, 6.45) is 0. The lowest BCUT2D eigenvalue weighted by Crippen LogP contribution is -2.12. The van der Waals surface area contributed by atoms with Gasteiger partial charge in [0.2, 0.25) is 5.78 Å². The number of fused-ring (bicyclic) bond motifs is 6. The zero-order valence-corrected chi connectivity index (χ0v) is 17.4. The maximum atomic E-state index is 13.4. The molecule has 0 saturated carbocycles. The predicted molar refractivity (Wildman–Crippen MR) is 131 cm³/mol. The van der Waals surface area contributed by atoms with Gasteiger partial charge in [0, 0.05) is 11.3 Å². The van der Waals surface area contributed by atoms with E-state index in [1.165, 1.54) is 0 Å². The van der Waals surface area contributed by atoms with Crippen LogP contribution in [0.3, 0.4) is 0 Å². The minimum absolute atomic E-state index is 0.185. The predicted octanol–water partition coefficient (Wildman–Crippen LogP) is 5.33. The highest BCUT2D eigenvalue weighted by Crippen LogP contribution is 2.32. The number of nitrogens with one attached hydrogen (secondary N) is 1. The van der Waals surface area contributed by atoms with Gasteiger partial charge in [-0.3, -0.25) is 18.7 Å². The van der Waals surface area contributed by atoms with Crippen molar-refractivity contribution in [3.63, 3.8) is 0 Å². The van der Waals surface area contributed by atoms with Crippen molar-refractivity contribution < 1.29 is 0 Å². The molecule has 0 spiro atoms. The summed E-state index contributed by atoms with van der Waals surface area (Å²) in [7, 11) is 0. The van der Waals surface area contributed by atoms with E-state index in [4.69, 9.17) is 4.98 Å². The molecule has 0 radical (unpaired) electrons. The van der Waals surface area contributed by atoms with Gasteiger partial charge in [-0.2, -0.15) is 0 Å². The van der Waals surface area contributed by atoms with Crippen LogP contribution in [0.15, 0.2) is 102 Å². The smallest absolute Gasteiger partial charge is 0.260 e. The SMILES string of the molecule is O=c1[nH]c2nc3ccccc3n2c2cccc(-c3nc4ccccc4n3-c3ccccc3)c12. The molecule has 0 bridgehead atoms. The summed E-state index contributed by atoms with van der Waals surface area (Å²) in [5.41, 5.74) is 6.02. The number of H-pyrrole nitrogens is 1. The second kappa shape index (κ2) is 6.64. The van der Waals surface area contributed by atoms with Gasteiger partial charge >= 0.3 is 0 Å². The summed E-state index contributed by atoms with van der Waals surface area (Å²) in [6, 6.07) is 31.9. The summed E-state index contributed by atoms with van der Waals surface area (Å²) in [6.45, 7) is 0. The van der Waals surface area contributed by atoms with Crippen LogP contribution >= 0.6 is 0 Å². The molecule has 156 valence electrons. The van der Waals surface area contributed by atoms with Crippen LogP contribution in [-0.2, 0) is 0 Å². The molecule has 6 nitrogen and oxygen atoms in total. The normalized spacial score (nSPS) is 11.8. The third kappa shape index (κ3) is 2.52. The summed E-state index contributed by atoms with van der Waals surface area (Å²) < 4.78 is 4.12. The number of aromatic amines is 1. The largest absolute Gasteiger partial charge is 0.292 e. The van der Waals surface area contributed by atoms with E-state index in [1.54, 1.807) is 0 Å². The molecule has 6 heteroatoms. The van der Waals surface area contributed by atoms with Gasteiger partial charge in [0.05, 0.1) is 33.0 Å². The summed E-state index contributed by atoms with van der Waals surface area (Å²) in [5, 5.41) is 0.584. The van der Waals surface area contributed by atoms with Crippen LogP contribution in [0, 0.1) is 0 Å². The van der Waals surface area contributed by atoms with Crippen LogP contribution in [0.5, 0.6) is 0 Å². The molecule has 3 heterocycles. The molecule has 7 aromatic rings. The van der Waals surface area contributed by atoms with Gasteiger partial charge in [-0.15, -0.1) is 0 Å². The van der Waals surface area contributed by atoms with Crippen LogP contribution in [0.4, 0.5) is 0 Å². The van der Waals surface area contributed by atoms with Crippen LogP contribution in [0.1, 0.15) is 0 Å². The number of hydrogen-bond donors (Lipinski definition) is 1. The second-order valence-corrected chi connectivity index (χ2v) is 8.01. The molecule has 4 aromatic carbocycles. The van der Waals surface area contributed by atoms with E-state index >= 15 is 0 Å². The minimum atomic E-state index is -0.185. The highest BCUT2D eigenvalue weighted by molar-refractivity contribution is 5.98. The number of benzene rings is 4.